The lowest BCUT2D eigenvalue weighted by atomic mass is 10.6. The Morgan fingerprint density at radius 1 is 1.17 bits per heavy atom. The van der Waals surface area contributed by atoms with Gasteiger partial charge in [-0.25, -0.2) is 19.7 Å². The van der Waals surface area contributed by atoms with E-state index in [9.17, 15) is 4.79 Å². The van der Waals surface area contributed by atoms with Gasteiger partial charge in [0.2, 0.25) is 5.95 Å². The van der Waals surface area contributed by atoms with E-state index in [2.05, 4.69) is 29.9 Å². The Kier molecular flexibility index (Phi) is 3.14. The van der Waals surface area contributed by atoms with Gasteiger partial charge in [0, 0.05) is 6.20 Å². The van der Waals surface area contributed by atoms with Crippen LogP contribution in [0.5, 0.6) is 0 Å². The Morgan fingerprint density at radius 2 is 2.00 bits per heavy atom. The third-order valence-electron chi connectivity index (χ3n) is 1.89. The highest BCUT2D eigenvalue weighted by molar-refractivity contribution is 5.69. The molecule has 0 fully saturated rings. The van der Waals surface area contributed by atoms with Crippen molar-refractivity contribution in [1.82, 2.24) is 29.9 Å². The number of rotatable bonds is 0. The third-order valence-corrected chi connectivity index (χ3v) is 1.89. The van der Waals surface area contributed by atoms with Crippen molar-refractivity contribution in [3.8, 4) is 0 Å². The Labute approximate surface area is 100 Å². The number of aromatic amines is 2. The van der Waals surface area contributed by atoms with Gasteiger partial charge in [-0.1, -0.05) is 0 Å². The van der Waals surface area contributed by atoms with E-state index in [1.807, 2.05) is 0 Å². The number of nitrogens with two attached hydrogens (primary N) is 2. The van der Waals surface area contributed by atoms with Crippen LogP contribution in [-0.4, -0.2) is 29.9 Å². The molecule has 92 valence electrons. The molecule has 0 aromatic carbocycles. The molecule has 0 amide bonds. The Hall–Kier alpha value is -2.97. The Morgan fingerprint density at radius 3 is 2.67 bits per heavy atom. The number of hydrogen-bond donors (Lipinski definition) is 4. The lowest BCUT2D eigenvalue weighted by Crippen LogP contribution is -2.10. The molecule has 9 nitrogen and oxygen atoms in total. The van der Waals surface area contributed by atoms with E-state index in [0.717, 1.165) is 5.52 Å². The molecule has 6 N–H and O–H groups in total. The molecule has 0 aliphatic rings. The van der Waals surface area contributed by atoms with Crippen molar-refractivity contribution in [2.24, 2.45) is 0 Å². The molecule has 0 atom stereocenters. The van der Waals surface area contributed by atoms with E-state index < -0.39 is 5.69 Å². The minimum Gasteiger partial charge on any atom is -0.385 e. The highest BCUT2D eigenvalue weighted by Crippen LogP contribution is 2.03. The number of fused-ring (bicyclic) bond motifs is 1. The summed E-state index contributed by atoms with van der Waals surface area (Å²) >= 11 is 0. The highest BCUT2D eigenvalue weighted by atomic mass is 16.1. The molecular weight excluding hydrogens is 236 g/mol. The van der Waals surface area contributed by atoms with Gasteiger partial charge in [-0.15, -0.1) is 0 Å². The van der Waals surface area contributed by atoms with Gasteiger partial charge < -0.3 is 16.5 Å². The lowest BCUT2D eigenvalue weighted by molar-refractivity contribution is 1.08. The largest absolute Gasteiger partial charge is 0.385 e. The predicted octanol–water partition coefficient (Wildman–Crippen LogP) is -0.713. The number of aromatic nitrogens is 6. The Balaban J connectivity index is 0.000000138. The predicted molar refractivity (Wildman–Crippen MR) is 65.4 cm³/mol. The molecule has 0 saturated carbocycles. The van der Waals surface area contributed by atoms with Crippen LogP contribution in [0.3, 0.4) is 0 Å². The van der Waals surface area contributed by atoms with Crippen molar-refractivity contribution >= 4 is 22.9 Å². The van der Waals surface area contributed by atoms with Crippen LogP contribution in [0, 0.1) is 0 Å². The molecule has 0 aliphatic heterocycles. The molecular formula is C9H10N8O. The van der Waals surface area contributed by atoms with E-state index >= 15 is 0 Å². The fraction of sp³-hybridized carbons (Fsp3) is 0. The van der Waals surface area contributed by atoms with E-state index in [-0.39, 0.29) is 5.95 Å². The zero-order chi connectivity index (χ0) is 13.0. The summed E-state index contributed by atoms with van der Waals surface area (Å²) < 4.78 is 0. The second-order valence-electron chi connectivity index (χ2n) is 3.20. The van der Waals surface area contributed by atoms with Crippen LogP contribution >= 0.6 is 0 Å². The summed E-state index contributed by atoms with van der Waals surface area (Å²) in [6.07, 6.45) is 4.51. The number of H-pyrrole nitrogens is 2. The molecule has 0 unspecified atom stereocenters. The van der Waals surface area contributed by atoms with E-state index in [1.54, 1.807) is 12.5 Å². The smallest absolute Gasteiger partial charge is 0.346 e. The van der Waals surface area contributed by atoms with Gasteiger partial charge in [0.15, 0.2) is 5.65 Å². The number of nitrogens with one attached hydrogen (secondary N) is 2. The highest BCUT2D eigenvalue weighted by Gasteiger charge is 1.95. The topological polar surface area (TPSA) is 152 Å². The molecule has 3 heterocycles. The van der Waals surface area contributed by atoms with Crippen LogP contribution in [0.2, 0.25) is 0 Å². The monoisotopic (exact) mass is 246 g/mol. The normalized spacial score (nSPS) is 9.78. The average molecular weight is 246 g/mol. The van der Waals surface area contributed by atoms with Gasteiger partial charge in [-0.3, -0.25) is 4.98 Å². The van der Waals surface area contributed by atoms with Crippen LogP contribution in [0.15, 0.2) is 29.6 Å². The molecule has 0 radical (unpaired) electrons. The minimum absolute atomic E-state index is 0.250. The van der Waals surface area contributed by atoms with Crippen LogP contribution in [-0.2, 0) is 0 Å². The number of anilines is 2. The third kappa shape index (κ3) is 2.78. The van der Waals surface area contributed by atoms with E-state index in [1.165, 1.54) is 12.3 Å². The number of nitrogens with zero attached hydrogens (tertiary/aromatic N) is 4. The lowest BCUT2D eigenvalue weighted by Gasteiger charge is -1.87. The maximum atomic E-state index is 10.2. The summed E-state index contributed by atoms with van der Waals surface area (Å²) in [6.45, 7) is 0. The molecule has 0 bridgehead atoms. The quantitative estimate of drug-likeness (QED) is 0.408. The van der Waals surface area contributed by atoms with Crippen molar-refractivity contribution in [2.45, 2.75) is 0 Å². The summed E-state index contributed by atoms with van der Waals surface area (Å²) in [5.74, 6) is 0.588. The van der Waals surface area contributed by atoms with Gasteiger partial charge >= 0.3 is 5.69 Å². The zero-order valence-corrected chi connectivity index (χ0v) is 9.16. The number of nitrogen functional groups attached to an aromatic ring is 2. The fourth-order valence-corrected chi connectivity index (χ4v) is 1.13. The van der Waals surface area contributed by atoms with Gasteiger partial charge in [-0.05, 0) is 6.07 Å². The first-order valence-corrected chi connectivity index (χ1v) is 4.87. The van der Waals surface area contributed by atoms with Crippen molar-refractivity contribution < 1.29 is 0 Å². The first-order valence-electron chi connectivity index (χ1n) is 4.87. The molecule has 0 saturated heterocycles. The van der Waals surface area contributed by atoms with Crippen molar-refractivity contribution in [2.75, 3.05) is 11.5 Å². The molecule has 3 rings (SSSR count). The first kappa shape index (κ1) is 11.5. The van der Waals surface area contributed by atoms with Gasteiger partial charge in [-0.2, -0.15) is 4.98 Å². The second kappa shape index (κ2) is 4.91. The first-order chi connectivity index (χ1) is 8.65. The Bertz CT molecular complexity index is 703. The number of hydrogen-bond acceptors (Lipinski definition) is 7. The molecule has 3 aromatic heterocycles. The SMILES string of the molecule is Nc1ccnc(=O)[nH]1.Nc1ncc2[nH]cnc2n1. The van der Waals surface area contributed by atoms with Gasteiger partial charge in [0.05, 0.1) is 12.5 Å². The van der Waals surface area contributed by atoms with Crippen molar-refractivity contribution in [3.05, 3.63) is 35.3 Å². The molecule has 0 spiro atoms. The summed E-state index contributed by atoms with van der Waals surface area (Å²) in [5.41, 5.74) is 11.5. The van der Waals surface area contributed by atoms with Crippen LogP contribution in [0.4, 0.5) is 11.8 Å². The molecule has 3 aromatic rings. The summed E-state index contributed by atoms with van der Waals surface area (Å²) in [7, 11) is 0. The van der Waals surface area contributed by atoms with Crippen LogP contribution in [0.25, 0.3) is 11.2 Å². The van der Waals surface area contributed by atoms with Crippen molar-refractivity contribution in [1.29, 1.82) is 0 Å². The number of imidazole rings is 1. The molecule has 18 heavy (non-hydrogen) atoms. The van der Waals surface area contributed by atoms with E-state index in [4.69, 9.17) is 11.5 Å². The van der Waals surface area contributed by atoms with Gasteiger partial charge in [0.1, 0.15) is 11.3 Å². The summed E-state index contributed by atoms with van der Waals surface area (Å²) in [5, 5.41) is 0. The van der Waals surface area contributed by atoms with Crippen molar-refractivity contribution in [3.63, 3.8) is 0 Å². The summed E-state index contributed by atoms with van der Waals surface area (Å²) in [6, 6.07) is 1.52. The van der Waals surface area contributed by atoms with E-state index in [0.29, 0.717) is 11.5 Å². The molecule has 9 heteroatoms. The average Bonchev–Trinajstić information content (AvgIpc) is 2.76. The zero-order valence-electron chi connectivity index (χ0n) is 9.16. The van der Waals surface area contributed by atoms with Gasteiger partial charge in [0.25, 0.3) is 0 Å². The van der Waals surface area contributed by atoms with Crippen LogP contribution in [0.1, 0.15) is 0 Å². The maximum absolute atomic E-state index is 10.2. The van der Waals surface area contributed by atoms with Crippen LogP contribution < -0.4 is 17.2 Å². The fourth-order valence-electron chi connectivity index (χ4n) is 1.13. The summed E-state index contributed by atoms with van der Waals surface area (Å²) in [4.78, 5) is 30.3. The standard InChI is InChI=1S/C5H5N5.C4H5N3O/c6-5-7-1-3-4(10-5)9-2-8-3;5-3-1-2-6-4(8)7-3/h1-2H,(H3,6,7,8,9,10);1-2H,(H3,5,6,7,8). The molecule has 0 aliphatic carbocycles. The maximum Gasteiger partial charge on any atom is 0.346 e. The second-order valence-corrected chi connectivity index (χ2v) is 3.20. The minimum atomic E-state index is -0.412.